The maximum absolute atomic E-state index is 12.9. The summed E-state index contributed by atoms with van der Waals surface area (Å²) in [5, 5.41) is 4.38. The average molecular weight is 340 g/mol. The number of aryl methyl sites for hydroxylation is 2. The van der Waals surface area contributed by atoms with E-state index in [0.29, 0.717) is 12.8 Å². The number of benzene rings is 1. The molecule has 2 aromatic rings. The first-order chi connectivity index (χ1) is 9.28. The second-order valence-corrected chi connectivity index (χ2v) is 6.40. The van der Waals surface area contributed by atoms with E-state index in [2.05, 4.69) is 21.0 Å². The normalized spacial score (nSPS) is 14.3. The standard InChI is InChI=1S/C15H19BrFN3/c1-10-14(16)13(20(3)19-10)9-15(2,18)8-11-4-6-12(17)7-5-11/h4-7H,8-9,18H2,1-3H3. The van der Waals surface area contributed by atoms with Crippen LogP contribution in [0.3, 0.4) is 0 Å². The molecule has 1 heterocycles. The number of hydrogen-bond donors (Lipinski definition) is 1. The highest BCUT2D eigenvalue weighted by Gasteiger charge is 2.24. The minimum absolute atomic E-state index is 0.225. The first-order valence-corrected chi connectivity index (χ1v) is 7.29. The Morgan fingerprint density at radius 3 is 2.40 bits per heavy atom. The second-order valence-electron chi connectivity index (χ2n) is 5.60. The van der Waals surface area contributed by atoms with E-state index < -0.39 is 5.54 Å². The third kappa shape index (κ3) is 3.46. The van der Waals surface area contributed by atoms with Gasteiger partial charge in [-0.25, -0.2) is 4.39 Å². The van der Waals surface area contributed by atoms with E-state index in [1.165, 1.54) is 12.1 Å². The fraction of sp³-hybridized carbons (Fsp3) is 0.400. The molecule has 0 aliphatic heterocycles. The summed E-state index contributed by atoms with van der Waals surface area (Å²) < 4.78 is 15.8. The number of halogens is 2. The fourth-order valence-electron chi connectivity index (χ4n) is 2.39. The van der Waals surface area contributed by atoms with Crippen molar-refractivity contribution in [2.75, 3.05) is 0 Å². The Morgan fingerprint density at radius 1 is 1.30 bits per heavy atom. The van der Waals surface area contributed by atoms with E-state index in [4.69, 9.17) is 5.73 Å². The molecule has 0 amide bonds. The van der Waals surface area contributed by atoms with E-state index in [9.17, 15) is 4.39 Å². The van der Waals surface area contributed by atoms with Gasteiger partial charge in [-0.1, -0.05) is 12.1 Å². The van der Waals surface area contributed by atoms with Crippen molar-refractivity contribution in [3.05, 3.63) is 51.5 Å². The topological polar surface area (TPSA) is 43.8 Å². The number of nitrogens with zero attached hydrogens (tertiary/aromatic N) is 2. The van der Waals surface area contributed by atoms with Gasteiger partial charge in [0.1, 0.15) is 5.82 Å². The molecular formula is C15H19BrFN3. The van der Waals surface area contributed by atoms with Crippen LogP contribution in [0.1, 0.15) is 23.9 Å². The lowest BCUT2D eigenvalue weighted by Gasteiger charge is -2.25. The summed E-state index contributed by atoms with van der Waals surface area (Å²) in [4.78, 5) is 0. The molecule has 3 nitrogen and oxygen atoms in total. The minimum Gasteiger partial charge on any atom is -0.325 e. The van der Waals surface area contributed by atoms with Gasteiger partial charge in [0, 0.05) is 19.0 Å². The van der Waals surface area contributed by atoms with Crippen LogP contribution in [0.4, 0.5) is 4.39 Å². The summed E-state index contributed by atoms with van der Waals surface area (Å²) in [5.41, 5.74) is 9.06. The summed E-state index contributed by atoms with van der Waals surface area (Å²) in [7, 11) is 1.92. The Balaban J connectivity index is 2.16. The van der Waals surface area contributed by atoms with Gasteiger partial charge in [0.2, 0.25) is 0 Å². The predicted octanol–water partition coefficient (Wildman–Crippen LogP) is 3.13. The highest BCUT2D eigenvalue weighted by Crippen LogP contribution is 2.25. The molecule has 0 spiro atoms. The predicted molar refractivity (Wildman–Crippen MR) is 82.0 cm³/mol. The minimum atomic E-state index is -0.416. The molecule has 0 aliphatic carbocycles. The zero-order valence-electron chi connectivity index (χ0n) is 12.0. The maximum Gasteiger partial charge on any atom is 0.123 e. The van der Waals surface area contributed by atoms with Crippen LogP contribution in [0.15, 0.2) is 28.7 Å². The van der Waals surface area contributed by atoms with E-state index in [-0.39, 0.29) is 5.82 Å². The van der Waals surface area contributed by atoms with Crippen molar-refractivity contribution in [2.24, 2.45) is 12.8 Å². The Kier molecular flexibility index (Phi) is 4.30. The molecule has 0 bridgehead atoms. The van der Waals surface area contributed by atoms with Crippen LogP contribution in [0.2, 0.25) is 0 Å². The van der Waals surface area contributed by atoms with Gasteiger partial charge in [0.25, 0.3) is 0 Å². The number of nitrogens with two attached hydrogens (primary N) is 1. The molecule has 1 atom stereocenters. The zero-order chi connectivity index (χ0) is 14.9. The Bertz CT molecular complexity index is 602. The second kappa shape index (κ2) is 5.66. The Labute approximate surface area is 127 Å². The van der Waals surface area contributed by atoms with E-state index >= 15 is 0 Å². The molecule has 0 saturated carbocycles. The van der Waals surface area contributed by atoms with Crippen LogP contribution < -0.4 is 5.73 Å². The van der Waals surface area contributed by atoms with Gasteiger partial charge in [0.05, 0.1) is 15.9 Å². The van der Waals surface area contributed by atoms with Gasteiger partial charge < -0.3 is 5.73 Å². The molecule has 2 rings (SSSR count). The molecule has 0 fully saturated rings. The summed E-state index contributed by atoms with van der Waals surface area (Å²) in [6.07, 6.45) is 1.38. The van der Waals surface area contributed by atoms with Crippen molar-refractivity contribution < 1.29 is 4.39 Å². The van der Waals surface area contributed by atoms with Gasteiger partial charge in [-0.05, 0) is 53.9 Å². The number of aromatic nitrogens is 2. The lowest BCUT2D eigenvalue weighted by molar-refractivity contribution is 0.446. The third-order valence-electron chi connectivity index (χ3n) is 3.35. The van der Waals surface area contributed by atoms with Crippen LogP contribution >= 0.6 is 15.9 Å². The van der Waals surface area contributed by atoms with Crippen molar-refractivity contribution in [3.63, 3.8) is 0 Å². The molecule has 0 saturated heterocycles. The van der Waals surface area contributed by atoms with Gasteiger partial charge in [0.15, 0.2) is 0 Å². The summed E-state index contributed by atoms with van der Waals surface area (Å²) in [6.45, 7) is 3.96. The smallest absolute Gasteiger partial charge is 0.123 e. The SMILES string of the molecule is Cc1nn(C)c(CC(C)(N)Cc2ccc(F)cc2)c1Br. The molecule has 0 radical (unpaired) electrons. The van der Waals surface area contributed by atoms with Crippen LogP contribution in [0, 0.1) is 12.7 Å². The molecular weight excluding hydrogens is 321 g/mol. The monoisotopic (exact) mass is 339 g/mol. The lowest BCUT2D eigenvalue weighted by Crippen LogP contribution is -2.41. The van der Waals surface area contributed by atoms with Crippen molar-refractivity contribution in [1.29, 1.82) is 0 Å². The highest BCUT2D eigenvalue weighted by atomic mass is 79.9. The summed E-state index contributed by atoms with van der Waals surface area (Å²) in [5.74, 6) is -0.225. The maximum atomic E-state index is 12.9. The molecule has 1 aromatic heterocycles. The summed E-state index contributed by atoms with van der Waals surface area (Å²) >= 11 is 3.56. The molecule has 108 valence electrons. The number of hydrogen-bond acceptors (Lipinski definition) is 2. The van der Waals surface area contributed by atoms with E-state index in [1.807, 2.05) is 25.6 Å². The average Bonchev–Trinajstić information content (AvgIpc) is 2.58. The van der Waals surface area contributed by atoms with Crippen molar-refractivity contribution in [1.82, 2.24) is 9.78 Å². The molecule has 5 heteroatoms. The first kappa shape index (κ1) is 15.2. The van der Waals surface area contributed by atoms with Crippen molar-refractivity contribution in [3.8, 4) is 0 Å². The zero-order valence-corrected chi connectivity index (χ0v) is 13.5. The molecule has 2 N–H and O–H groups in total. The molecule has 0 aliphatic rings. The van der Waals surface area contributed by atoms with Crippen molar-refractivity contribution >= 4 is 15.9 Å². The largest absolute Gasteiger partial charge is 0.325 e. The van der Waals surface area contributed by atoms with Crippen LogP contribution in [-0.2, 0) is 19.9 Å². The Hall–Kier alpha value is -1.20. The van der Waals surface area contributed by atoms with E-state index in [0.717, 1.165) is 21.4 Å². The van der Waals surface area contributed by atoms with Gasteiger partial charge in [-0.3, -0.25) is 4.68 Å². The highest BCUT2D eigenvalue weighted by molar-refractivity contribution is 9.10. The molecule has 1 unspecified atom stereocenters. The van der Waals surface area contributed by atoms with Crippen molar-refractivity contribution in [2.45, 2.75) is 32.2 Å². The Morgan fingerprint density at radius 2 is 1.90 bits per heavy atom. The van der Waals surface area contributed by atoms with Crippen LogP contribution in [0.25, 0.3) is 0 Å². The fourth-order valence-corrected chi connectivity index (χ4v) is 2.86. The molecule has 20 heavy (non-hydrogen) atoms. The lowest BCUT2D eigenvalue weighted by atomic mass is 9.89. The first-order valence-electron chi connectivity index (χ1n) is 6.50. The van der Waals surface area contributed by atoms with Gasteiger partial charge in [-0.15, -0.1) is 0 Å². The third-order valence-corrected chi connectivity index (χ3v) is 4.39. The molecule has 1 aromatic carbocycles. The van der Waals surface area contributed by atoms with Crippen LogP contribution in [-0.4, -0.2) is 15.3 Å². The van der Waals surface area contributed by atoms with Crippen LogP contribution in [0.5, 0.6) is 0 Å². The van der Waals surface area contributed by atoms with Gasteiger partial charge in [-0.2, -0.15) is 5.10 Å². The quantitative estimate of drug-likeness (QED) is 0.929. The van der Waals surface area contributed by atoms with E-state index in [1.54, 1.807) is 12.1 Å². The summed E-state index contributed by atoms with van der Waals surface area (Å²) in [6, 6.07) is 6.50. The number of rotatable bonds is 4. The van der Waals surface area contributed by atoms with Gasteiger partial charge >= 0.3 is 0 Å².